The summed E-state index contributed by atoms with van der Waals surface area (Å²) in [7, 11) is 1.60. The van der Waals surface area contributed by atoms with E-state index in [4.69, 9.17) is 4.74 Å². The van der Waals surface area contributed by atoms with E-state index in [0.717, 1.165) is 15.8 Å². The van der Waals surface area contributed by atoms with Crippen molar-refractivity contribution < 1.29 is 14.3 Å². The molecule has 0 aliphatic rings. The maximum absolute atomic E-state index is 12.4. The van der Waals surface area contributed by atoms with E-state index in [1.54, 1.807) is 32.2 Å². The molecule has 0 aliphatic heterocycles. The van der Waals surface area contributed by atoms with Crippen LogP contribution in [-0.2, 0) is 4.79 Å². The van der Waals surface area contributed by atoms with E-state index >= 15 is 0 Å². The van der Waals surface area contributed by atoms with Crippen LogP contribution >= 0.6 is 27.3 Å². The molecular formula is C19H17BrN4O3S. The minimum atomic E-state index is -0.736. The number of nitrogens with zero attached hydrogens (tertiary/aromatic N) is 2. The highest BCUT2D eigenvalue weighted by atomic mass is 79.9. The van der Waals surface area contributed by atoms with E-state index in [0.29, 0.717) is 15.7 Å². The summed E-state index contributed by atoms with van der Waals surface area (Å²) in [6.07, 6.45) is 0. The van der Waals surface area contributed by atoms with E-state index in [-0.39, 0.29) is 11.8 Å². The quantitative estimate of drug-likeness (QED) is 0.584. The molecule has 0 spiro atoms. The number of hydrogen-bond donors (Lipinski definition) is 2. The average molecular weight is 461 g/mol. The molecule has 2 amide bonds. The van der Waals surface area contributed by atoms with E-state index in [1.807, 2.05) is 30.3 Å². The molecule has 7 nitrogen and oxygen atoms in total. The summed E-state index contributed by atoms with van der Waals surface area (Å²) in [6.45, 7) is 1.61. The Labute approximate surface area is 174 Å². The van der Waals surface area contributed by atoms with E-state index in [2.05, 4.69) is 36.8 Å². The number of carbonyl (C=O) groups excluding carboxylic acids is 2. The lowest BCUT2D eigenvalue weighted by Crippen LogP contribution is -2.41. The van der Waals surface area contributed by atoms with Crippen molar-refractivity contribution in [3.8, 4) is 16.3 Å². The third-order valence-electron chi connectivity index (χ3n) is 3.82. The standard InChI is InChI=1S/C19H17BrN4O3S/c1-11(21-17(26)13-4-3-5-14(20)10-13)16(25)22-19-24-23-18(28-19)12-6-8-15(27-2)9-7-12/h3-11H,1-2H3,(H,21,26)(H,22,24,25). The van der Waals surface area contributed by atoms with Crippen LogP contribution in [0.5, 0.6) is 5.75 Å². The Balaban J connectivity index is 1.61. The third kappa shape index (κ3) is 4.93. The Kier molecular flexibility index (Phi) is 6.37. The van der Waals surface area contributed by atoms with Crippen LogP contribution in [-0.4, -0.2) is 35.2 Å². The van der Waals surface area contributed by atoms with Gasteiger partial charge in [-0.3, -0.25) is 14.9 Å². The molecule has 0 saturated carbocycles. The Hall–Kier alpha value is -2.78. The van der Waals surface area contributed by atoms with Gasteiger partial charge in [0.2, 0.25) is 11.0 Å². The lowest BCUT2D eigenvalue weighted by atomic mass is 10.2. The molecule has 0 saturated heterocycles. The molecule has 3 aromatic rings. The highest BCUT2D eigenvalue weighted by molar-refractivity contribution is 9.10. The lowest BCUT2D eigenvalue weighted by molar-refractivity contribution is -0.117. The minimum absolute atomic E-state index is 0.333. The number of carbonyl (C=O) groups is 2. The van der Waals surface area contributed by atoms with Gasteiger partial charge in [-0.05, 0) is 49.4 Å². The summed E-state index contributed by atoms with van der Waals surface area (Å²) in [5.74, 6) is 0.0396. The van der Waals surface area contributed by atoms with Crippen molar-refractivity contribution in [2.24, 2.45) is 0 Å². The molecule has 0 aliphatic carbocycles. The average Bonchev–Trinajstić information content (AvgIpc) is 3.16. The highest BCUT2D eigenvalue weighted by Gasteiger charge is 2.18. The van der Waals surface area contributed by atoms with Gasteiger partial charge in [0.1, 0.15) is 16.8 Å². The second-order valence-corrected chi connectivity index (χ2v) is 7.73. The highest BCUT2D eigenvalue weighted by Crippen LogP contribution is 2.27. The van der Waals surface area contributed by atoms with Crippen LogP contribution in [0, 0.1) is 0 Å². The first-order valence-corrected chi connectivity index (χ1v) is 9.92. The first kappa shape index (κ1) is 20.0. The minimum Gasteiger partial charge on any atom is -0.497 e. The predicted octanol–water partition coefficient (Wildman–Crippen LogP) is 3.73. The summed E-state index contributed by atoms with van der Waals surface area (Å²) < 4.78 is 5.92. The number of methoxy groups -OCH3 is 1. The number of aromatic nitrogens is 2. The molecule has 1 atom stereocenters. The van der Waals surface area contributed by atoms with Gasteiger partial charge < -0.3 is 10.1 Å². The second-order valence-electron chi connectivity index (χ2n) is 5.84. The topological polar surface area (TPSA) is 93.2 Å². The zero-order chi connectivity index (χ0) is 20.1. The van der Waals surface area contributed by atoms with Crippen LogP contribution in [0.3, 0.4) is 0 Å². The van der Waals surface area contributed by atoms with Gasteiger partial charge in [-0.15, -0.1) is 10.2 Å². The zero-order valence-electron chi connectivity index (χ0n) is 15.1. The third-order valence-corrected chi connectivity index (χ3v) is 5.20. The van der Waals surface area contributed by atoms with Crippen molar-refractivity contribution in [3.63, 3.8) is 0 Å². The smallest absolute Gasteiger partial charge is 0.251 e. The van der Waals surface area contributed by atoms with Gasteiger partial charge >= 0.3 is 0 Å². The van der Waals surface area contributed by atoms with Crippen LogP contribution in [0.25, 0.3) is 10.6 Å². The molecule has 1 heterocycles. The number of halogens is 1. The van der Waals surface area contributed by atoms with Crippen LogP contribution in [0.1, 0.15) is 17.3 Å². The normalized spacial score (nSPS) is 11.5. The Morgan fingerprint density at radius 2 is 1.89 bits per heavy atom. The number of anilines is 1. The van der Waals surface area contributed by atoms with Gasteiger partial charge in [0.15, 0.2) is 0 Å². The Morgan fingerprint density at radius 1 is 1.14 bits per heavy atom. The fourth-order valence-corrected chi connectivity index (χ4v) is 3.46. The van der Waals surface area contributed by atoms with Crippen molar-refractivity contribution in [2.45, 2.75) is 13.0 Å². The summed E-state index contributed by atoms with van der Waals surface area (Å²) in [4.78, 5) is 24.6. The molecule has 2 N–H and O–H groups in total. The van der Waals surface area contributed by atoms with Gasteiger partial charge in [-0.25, -0.2) is 0 Å². The number of ether oxygens (including phenoxy) is 1. The summed E-state index contributed by atoms with van der Waals surface area (Å²) in [5.41, 5.74) is 1.33. The Morgan fingerprint density at radius 3 is 2.57 bits per heavy atom. The van der Waals surface area contributed by atoms with Crippen LogP contribution in [0.15, 0.2) is 53.0 Å². The molecule has 9 heteroatoms. The van der Waals surface area contributed by atoms with Gasteiger partial charge in [0, 0.05) is 15.6 Å². The number of rotatable bonds is 6. The molecule has 0 bridgehead atoms. The molecule has 2 aromatic carbocycles. The zero-order valence-corrected chi connectivity index (χ0v) is 17.5. The van der Waals surface area contributed by atoms with Crippen molar-refractivity contribution in [1.29, 1.82) is 0 Å². The van der Waals surface area contributed by atoms with Crippen molar-refractivity contribution >= 4 is 44.2 Å². The molecular weight excluding hydrogens is 444 g/mol. The fourth-order valence-electron chi connectivity index (χ4n) is 2.31. The number of benzene rings is 2. The van der Waals surface area contributed by atoms with E-state index in [1.165, 1.54) is 11.3 Å². The number of amides is 2. The van der Waals surface area contributed by atoms with Gasteiger partial charge in [0.25, 0.3) is 5.91 Å². The molecule has 1 unspecified atom stereocenters. The second kappa shape index (κ2) is 8.94. The van der Waals surface area contributed by atoms with Gasteiger partial charge in [0.05, 0.1) is 7.11 Å². The molecule has 0 fully saturated rings. The fraction of sp³-hybridized carbons (Fsp3) is 0.158. The summed E-state index contributed by atoms with van der Waals surface area (Å²) in [6, 6.07) is 13.6. The summed E-state index contributed by atoms with van der Waals surface area (Å²) in [5, 5.41) is 14.5. The van der Waals surface area contributed by atoms with Crippen molar-refractivity contribution in [1.82, 2.24) is 15.5 Å². The van der Waals surface area contributed by atoms with Gasteiger partial charge in [-0.2, -0.15) is 0 Å². The summed E-state index contributed by atoms with van der Waals surface area (Å²) >= 11 is 4.57. The largest absolute Gasteiger partial charge is 0.497 e. The maximum Gasteiger partial charge on any atom is 0.251 e. The predicted molar refractivity (Wildman–Crippen MR) is 112 cm³/mol. The van der Waals surface area contributed by atoms with Crippen molar-refractivity contribution in [2.75, 3.05) is 12.4 Å². The van der Waals surface area contributed by atoms with E-state index in [9.17, 15) is 9.59 Å². The van der Waals surface area contributed by atoms with E-state index < -0.39 is 6.04 Å². The van der Waals surface area contributed by atoms with Crippen LogP contribution in [0.4, 0.5) is 5.13 Å². The molecule has 28 heavy (non-hydrogen) atoms. The number of nitrogens with one attached hydrogen (secondary N) is 2. The molecule has 144 valence electrons. The lowest BCUT2D eigenvalue weighted by Gasteiger charge is -2.12. The monoisotopic (exact) mass is 460 g/mol. The molecule has 0 radical (unpaired) electrons. The van der Waals surface area contributed by atoms with Crippen molar-refractivity contribution in [3.05, 3.63) is 58.6 Å². The van der Waals surface area contributed by atoms with Crippen LogP contribution < -0.4 is 15.4 Å². The number of hydrogen-bond acceptors (Lipinski definition) is 6. The Bertz CT molecular complexity index is 991. The first-order chi connectivity index (χ1) is 13.5. The van der Waals surface area contributed by atoms with Crippen LogP contribution in [0.2, 0.25) is 0 Å². The maximum atomic E-state index is 12.4. The molecule has 3 rings (SSSR count). The SMILES string of the molecule is COc1ccc(-c2nnc(NC(=O)C(C)NC(=O)c3cccc(Br)c3)s2)cc1. The van der Waals surface area contributed by atoms with Gasteiger partial charge in [-0.1, -0.05) is 33.3 Å². The first-order valence-electron chi connectivity index (χ1n) is 8.31. The molecule has 1 aromatic heterocycles.